The fourth-order valence-corrected chi connectivity index (χ4v) is 1.65. The number of aliphatic hydroxyl groups is 1. The highest BCUT2D eigenvalue weighted by atomic mass is 35.5. The molecule has 0 spiro atoms. The molecule has 2 N–H and O–H groups in total. The molecule has 0 aliphatic carbocycles. The molecule has 1 rings (SSSR count). The van der Waals surface area contributed by atoms with Crippen LogP contribution in [0.1, 0.15) is 18.9 Å². The normalized spacial score (nSPS) is 10.5. The van der Waals surface area contributed by atoms with E-state index in [1.165, 1.54) is 6.33 Å². The number of rotatable bonds is 8. The van der Waals surface area contributed by atoms with Gasteiger partial charge >= 0.3 is 0 Å². The summed E-state index contributed by atoms with van der Waals surface area (Å²) in [5, 5.41) is 12.2. The predicted molar refractivity (Wildman–Crippen MR) is 67.4 cm³/mol. The lowest BCUT2D eigenvalue weighted by Gasteiger charge is -2.11. The second kappa shape index (κ2) is 8.22. The zero-order chi connectivity index (χ0) is 12.5. The number of halogens is 1. The van der Waals surface area contributed by atoms with Crippen LogP contribution in [0.2, 0.25) is 5.15 Å². The highest BCUT2D eigenvalue weighted by Gasteiger charge is 2.08. The van der Waals surface area contributed by atoms with E-state index in [1.807, 2.05) is 0 Å². The van der Waals surface area contributed by atoms with Crippen LogP contribution in [-0.2, 0) is 11.2 Å². The lowest BCUT2D eigenvalue weighted by molar-refractivity contribution is 0.0992. The summed E-state index contributed by atoms with van der Waals surface area (Å²) >= 11 is 6.02. The van der Waals surface area contributed by atoms with Crippen molar-refractivity contribution in [3.05, 3.63) is 17.0 Å². The molecule has 0 saturated heterocycles. The highest BCUT2D eigenvalue weighted by Crippen LogP contribution is 2.20. The summed E-state index contributed by atoms with van der Waals surface area (Å²) in [5.41, 5.74) is 0.943. The summed E-state index contributed by atoms with van der Waals surface area (Å²) in [7, 11) is 0. The minimum atomic E-state index is 0.0421. The number of hydrogen-bond donors (Lipinski definition) is 2. The molecule has 96 valence electrons. The highest BCUT2D eigenvalue weighted by molar-refractivity contribution is 6.30. The molecule has 0 radical (unpaired) electrons. The Morgan fingerprint density at radius 3 is 2.94 bits per heavy atom. The Balaban J connectivity index is 2.48. The van der Waals surface area contributed by atoms with E-state index in [4.69, 9.17) is 21.4 Å². The predicted octanol–water partition coefficient (Wildman–Crippen LogP) is 1.50. The number of aliphatic hydroxyl groups excluding tert-OH is 1. The largest absolute Gasteiger partial charge is 0.394 e. The van der Waals surface area contributed by atoms with Gasteiger partial charge in [0.2, 0.25) is 0 Å². The third-order valence-electron chi connectivity index (χ3n) is 2.17. The standard InChI is InChI=1S/C11H18ClN3O2/c1-2-3-9-10(12)14-8-15-11(9)13-4-6-17-7-5-16/h8,16H,2-7H2,1H3,(H,13,14,15). The van der Waals surface area contributed by atoms with Gasteiger partial charge in [0, 0.05) is 12.1 Å². The Hall–Kier alpha value is -0.910. The number of nitrogens with one attached hydrogen (secondary N) is 1. The van der Waals surface area contributed by atoms with Gasteiger partial charge in [-0.1, -0.05) is 24.9 Å². The lowest BCUT2D eigenvalue weighted by Crippen LogP contribution is -2.13. The van der Waals surface area contributed by atoms with E-state index in [-0.39, 0.29) is 6.61 Å². The fourth-order valence-electron chi connectivity index (χ4n) is 1.42. The minimum Gasteiger partial charge on any atom is -0.394 e. The van der Waals surface area contributed by atoms with Crippen LogP contribution in [0.25, 0.3) is 0 Å². The molecule has 0 aromatic carbocycles. The maximum Gasteiger partial charge on any atom is 0.137 e. The van der Waals surface area contributed by atoms with E-state index in [0.29, 0.717) is 24.9 Å². The van der Waals surface area contributed by atoms with Crippen LogP contribution in [0.5, 0.6) is 0 Å². The number of anilines is 1. The molecule has 0 aliphatic rings. The minimum absolute atomic E-state index is 0.0421. The number of hydrogen-bond acceptors (Lipinski definition) is 5. The van der Waals surface area contributed by atoms with Crippen molar-refractivity contribution in [1.29, 1.82) is 0 Å². The maximum atomic E-state index is 8.55. The van der Waals surface area contributed by atoms with E-state index < -0.39 is 0 Å². The molecule has 0 aliphatic heterocycles. The quantitative estimate of drug-likeness (QED) is 0.547. The van der Waals surface area contributed by atoms with Crippen molar-refractivity contribution < 1.29 is 9.84 Å². The van der Waals surface area contributed by atoms with Crippen molar-refractivity contribution in [2.24, 2.45) is 0 Å². The molecule has 1 heterocycles. The van der Waals surface area contributed by atoms with Crippen molar-refractivity contribution in [3.8, 4) is 0 Å². The number of aromatic nitrogens is 2. The van der Waals surface area contributed by atoms with Gasteiger partial charge in [-0.15, -0.1) is 0 Å². The molecule has 0 atom stereocenters. The van der Waals surface area contributed by atoms with E-state index in [9.17, 15) is 0 Å². The molecule has 1 aromatic rings. The second-order valence-electron chi connectivity index (χ2n) is 3.50. The van der Waals surface area contributed by atoms with Crippen LogP contribution in [0.15, 0.2) is 6.33 Å². The van der Waals surface area contributed by atoms with E-state index in [1.54, 1.807) is 0 Å². The van der Waals surface area contributed by atoms with Crippen LogP contribution in [0.3, 0.4) is 0 Å². The summed E-state index contributed by atoms with van der Waals surface area (Å²) in [6.45, 7) is 3.63. The Morgan fingerprint density at radius 1 is 1.41 bits per heavy atom. The first-order chi connectivity index (χ1) is 8.29. The van der Waals surface area contributed by atoms with Crippen LogP contribution < -0.4 is 5.32 Å². The summed E-state index contributed by atoms with van der Waals surface area (Å²) in [6, 6.07) is 0. The van der Waals surface area contributed by atoms with Gasteiger partial charge in [-0.2, -0.15) is 0 Å². The first kappa shape index (κ1) is 14.2. The summed E-state index contributed by atoms with van der Waals surface area (Å²) in [5.74, 6) is 0.763. The van der Waals surface area contributed by atoms with Gasteiger partial charge in [-0.25, -0.2) is 9.97 Å². The Morgan fingerprint density at radius 2 is 2.24 bits per heavy atom. The maximum absolute atomic E-state index is 8.55. The van der Waals surface area contributed by atoms with Crippen LogP contribution >= 0.6 is 11.6 Å². The monoisotopic (exact) mass is 259 g/mol. The summed E-state index contributed by atoms with van der Waals surface area (Å²) in [4.78, 5) is 8.13. The van der Waals surface area contributed by atoms with Gasteiger partial charge < -0.3 is 15.2 Å². The average Bonchev–Trinajstić information content (AvgIpc) is 2.33. The van der Waals surface area contributed by atoms with Crippen molar-refractivity contribution in [2.75, 3.05) is 31.7 Å². The molecule has 0 unspecified atom stereocenters. The first-order valence-corrected chi connectivity index (χ1v) is 6.09. The zero-order valence-corrected chi connectivity index (χ0v) is 10.7. The van der Waals surface area contributed by atoms with Crippen molar-refractivity contribution in [3.63, 3.8) is 0 Å². The molecule has 0 fully saturated rings. The van der Waals surface area contributed by atoms with Gasteiger partial charge in [-0.3, -0.25) is 0 Å². The first-order valence-electron chi connectivity index (χ1n) is 5.71. The van der Waals surface area contributed by atoms with Crippen molar-refractivity contribution in [1.82, 2.24) is 9.97 Å². The van der Waals surface area contributed by atoms with E-state index >= 15 is 0 Å². The molecule has 0 bridgehead atoms. The molecule has 0 amide bonds. The fraction of sp³-hybridized carbons (Fsp3) is 0.636. The van der Waals surface area contributed by atoms with Crippen LogP contribution in [0.4, 0.5) is 5.82 Å². The number of ether oxygens (including phenoxy) is 1. The van der Waals surface area contributed by atoms with Crippen molar-refractivity contribution >= 4 is 17.4 Å². The molecule has 0 saturated carbocycles. The Labute approximate surface area is 106 Å². The van der Waals surface area contributed by atoms with E-state index in [2.05, 4.69) is 22.2 Å². The smallest absolute Gasteiger partial charge is 0.137 e. The molecular formula is C11H18ClN3O2. The molecule has 5 nitrogen and oxygen atoms in total. The van der Waals surface area contributed by atoms with Crippen molar-refractivity contribution in [2.45, 2.75) is 19.8 Å². The van der Waals surface area contributed by atoms with Crippen LogP contribution in [-0.4, -0.2) is 41.4 Å². The van der Waals surface area contributed by atoms with Gasteiger partial charge in [0.25, 0.3) is 0 Å². The average molecular weight is 260 g/mol. The zero-order valence-electron chi connectivity index (χ0n) is 9.95. The Bertz CT molecular complexity index is 336. The summed E-state index contributed by atoms with van der Waals surface area (Å²) < 4.78 is 5.15. The van der Waals surface area contributed by atoms with Gasteiger partial charge in [0.15, 0.2) is 0 Å². The third kappa shape index (κ3) is 4.85. The van der Waals surface area contributed by atoms with Crippen LogP contribution in [0, 0.1) is 0 Å². The molecule has 17 heavy (non-hydrogen) atoms. The molecular weight excluding hydrogens is 242 g/mol. The SMILES string of the molecule is CCCc1c(Cl)ncnc1NCCOCCO. The Kier molecular flexibility index (Phi) is 6.84. The van der Waals surface area contributed by atoms with Gasteiger partial charge in [0.1, 0.15) is 17.3 Å². The molecule has 1 aromatic heterocycles. The number of nitrogens with zero attached hydrogens (tertiary/aromatic N) is 2. The lowest BCUT2D eigenvalue weighted by atomic mass is 10.2. The summed E-state index contributed by atoms with van der Waals surface area (Å²) in [6.07, 6.45) is 3.28. The second-order valence-corrected chi connectivity index (χ2v) is 3.86. The van der Waals surface area contributed by atoms with Gasteiger partial charge in [-0.05, 0) is 6.42 Å². The topological polar surface area (TPSA) is 67.3 Å². The molecule has 6 heteroatoms. The van der Waals surface area contributed by atoms with Gasteiger partial charge in [0.05, 0.1) is 19.8 Å². The third-order valence-corrected chi connectivity index (χ3v) is 2.49. The van der Waals surface area contributed by atoms with E-state index in [0.717, 1.165) is 24.2 Å².